The summed E-state index contributed by atoms with van der Waals surface area (Å²) in [6.45, 7) is 5.31. The molecule has 2 fully saturated rings. The van der Waals surface area contributed by atoms with Crippen molar-refractivity contribution >= 4 is 21.5 Å². The van der Waals surface area contributed by atoms with Gasteiger partial charge < -0.3 is 4.90 Å². The van der Waals surface area contributed by atoms with Crippen LogP contribution in [0.15, 0.2) is 54.6 Å². The third-order valence-corrected chi connectivity index (χ3v) is 7.48. The van der Waals surface area contributed by atoms with Crippen LogP contribution in [0.25, 0.3) is 0 Å². The third kappa shape index (κ3) is 4.16. The van der Waals surface area contributed by atoms with Gasteiger partial charge in [0.1, 0.15) is 0 Å². The van der Waals surface area contributed by atoms with Crippen molar-refractivity contribution in [3.05, 3.63) is 65.7 Å². The van der Waals surface area contributed by atoms with Crippen LogP contribution in [0.5, 0.6) is 0 Å². The highest BCUT2D eigenvalue weighted by Gasteiger charge is 2.67. The van der Waals surface area contributed by atoms with Gasteiger partial charge in [0.05, 0.1) is 6.26 Å². The number of ketones is 1. The molecule has 2 atom stereocenters. The van der Waals surface area contributed by atoms with E-state index in [0.717, 1.165) is 38.0 Å². The molecule has 0 radical (unpaired) electrons. The quantitative estimate of drug-likeness (QED) is 0.617. The molecule has 1 saturated heterocycles. The van der Waals surface area contributed by atoms with Gasteiger partial charge in [-0.3, -0.25) is 9.52 Å². The first-order valence-electron chi connectivity index (χ1n) is 10.7. The molecule has 30 heavy (non-hydrogen) atoms. The first kappa shape index (κ1) is 21.1. The van der Waals surface area contributed by atoms with Crippen molar-refractivity contribution in [3.63, 3.8) is 0 Å². The first-order valence-corrected chi connectivity index (χ1v) is 12.6. The average molecular weight is 427 g/mol. The zero-order valence-corrected chi connectivity index (χ0v) is 18.5. The van der Waals surface area contributed by atoms with Gasteiger partial charge in [-0.15, -0.1) is 0 Å². The van der Waals surface area contributed by atoms with E-state index in [1.54, 1.807) is 0 Å². The average Bonchev–Trinajstić information content (AvgIpc) is 3.10. The number of carbonyl (C=O) groups is 1. The highest BCUT2D eigenvalue weighted by Crippen LogP contribution is 2.65. The number of nitrogens with one attached hydrogen (secondary N) is 1. The lowest BCUT2D eigenvalue weighted by Gasteiger charge is -2.26. The van der Waals surface area contributed by atoms with Gasteiger partial charge in [0.25, 0.3) is 0 Å². The molecule has 1 aliphatic carbocycles. The maximum Gasteiger partial charge on any atom is 0.229 e. The molecule has 2 aliphatic rings. The normalized spacial score (nSPS) is 25.7. The Morgan fingerprint density at radius 3 is 2.43 bits per heavy atom. The molecule has 1 aliphatic heterocycles. The SMILES string of the molecule is CCC1(c2cccc(NS(C)(=O)=O)c2)C2CN(CCCC(=O)c3ccccc3)CC21. The zero-order chi connectivity index (χ0) is 21.4. The summed E-state index contributed by atoms with van der Waals surface area (Å²) in [6, 6.07) is 17.4. The number of hydrogen-bond acceptors (Lipinski definition) is 4. The van der Waals surface area contributed by atoms with Crippen LogP contribution in [0.3, 0.4) is 0 Å². The molecule has 4 rings (SSSR count). The van der Waals surface area contributed by atoms with E-state index in [-0.39, 0.29) is 11.2 Å². The Labute approximate surface area is 179 Å². The molecule has 6 heteroatoms. The van der Waals surface area contributed by atoms with Crippen molar-refractivity contribution < 1.29 is 13.2 Å². The van der Waals surface area contributed by atoms with Gasteiger partial charge in [0.2, 0.25) is 10.0 Å². The fourth-order valence-electron chi connectivity index (χ4n) is 5.47. The minimum atomic E-state index is -3.28. The minimum absolute atomic E-state index is 0.158. The van der Waals surface area contributed by atoms with Crippen molar-refractivity contribution in [2.45, 2.75) is 31.6 Å². The summed E-state index contributed by atoms with van der Waals surface area (Å²) in [5.74, 6) is 1.44. The third-order valence-electron chi connectivity index (χ3n) is 6.87. The summed E-state index contributed by atoms with van der Waals surface area (Å²) in [4.78, 5) is 14.8. The Bertz CT molecular complexity index is 1010. The molecule has 0 bridgehead atoms. The highest BCUT2D eigenvalue weighted by molar-refractivity contribution is 7.92. The van der Waals surface area contributed by atoms with Crippen molar-refractivity contribution in [2.75, 3.05) is 30.6 Å². The number of hydrogen-bond donors (Lipinski definition) is 1. The largest absolute Gasteiger partial charge is 0.303 e. The van der Waals surface area contributed by atoms with Gasteiger partial charge in [-0.25, -0.2) is 8.42 Å². The molecule has 0 aromatic heterocycles. The fraction of sp³-hybridized carbons (Fsp3) is 0.458. The number of rotatable bonds is 9. The molecule has 2 unspecified atom stereocenters. The van der Waals surface area contributed by atoms with E-state index >= 15 is 0 Å². The minimum Gasteiger partial charge on any atom is -0.303 e. The number of likely N-dealkylation sites (tertiary alicyclic amines) is 1. The Kier molecular flexibility index (Phi) is 5.73. The molecular formula is C24H30N2O3S. The van der Waals surface area contributed by atoms with Gasteiger partial charge in [-0.2, -0.15) is 0 Å². The van der Waals surface area contributed by atoms with Gasteiger partial charge in [0.15, 0.2) is 5.78 Å². The molecule has 0 spiro atoms. The van der Waals surface area contributed by atoms with E-state index in [1.807, 2.05) is 48.5 Å². The summed E-state index contributed by atoms with van der Waals surface area (Å²) in [5.41, 5.74) is 2.84. The van der Waals surface area contributed by atoms with Crippen LogP contribution >= 0.6 is 0 Å². The maximum atomic E-state index is 12.3. The Hall–Kier alpha value is -2.18. The van der Waals surface area contributed by atoms with Gasteiger partial charge in [-0.05, 0) is 48.9 Å². The lowest BCUT2D eigenvalue weighted by molar-refractivity contribution is 0.0975. The van der Waals surface area contributed by atoms with E-state index in [9.17, 15) is 13.2 Å². The second-order valence-corrected chi connectivity index (χ2v) is 10.5. The van der Waals surface area contributed by atoms with Crippen LogP contribution in [0.2, 0.25) is 0 Å². The molecular weight excluding hydrogens is 396 g/mol. The topological polar surface area (TPSA) is 66.5 Å². The number of anilines is 1. The van der Waals surface area contributed by atoms with Gasteiger partial charge in [0, 0.05) is 36.2 Å². The predicted molar refractivity (Wildman–Crippen MR) is 120 cm³/mol. The molecule has 1 heterocycles. The van der Waals surface area contributed by atoms with Crippen LogP contribution < -0.4 is 4.72 Å². The highest BCUT2D eigenvalue weighted by atomic mass is 32.2. The standard InChI is InChI=1S/C24H30N2O3S/c1-3-24(19-11-7-12-20(15-19)25-30(2,28)29)21-16-26(17-22(21)24)14-8-13-23(27)18-9-5-4-6-10-18/h4-7,9-12,15,21-22,25H,3,8,13-14,16-17H2,1-2H3. The summed E-state index contributed by atoms with van der Waals surface area (Å²) in [7, 11) is -3.28. The van der Waals surface area contributed by atoms with Crippen molar-refractivity contribution in [1.29, 1.82) is 0 Å². The fourth-order valence-corrected chi connectivity index (χ4v) is 6.03. The maximum absolute atomic E-state index is 12.3. The van der Waals surface area contributed by atoms with E-state index in [1.165, 1.54) is 11.8 Å². The molecule has 160 valence electrons. The van der Waals surface area contributed by atoms with Crippen LogP contribution in [0.4, 0.5) is 5.69 Å². The van der Waals surface area contributed by atoms with Gasteiger partial charge >= 0.3 is 0 Å². The number of Topliss-reactive ketones (excluding diaryl/α,β-unsaturated/α-hetero) is 1. The summed E-state index contributed by atoms with van der Waals surface area (Å²) in [6.07, 6.45) is 3.72. The number of nitrogens with zero attached hydrogens (tertiary/aromatic N) is 1. The van der Waals surface area contributed by atoms with Crippen molar-refractivity contribution in [3.8, 4) is 0 Å². The van der Waals surface area contributed by atoms with E-state index < -0.39 is 10.0 Å². The molecule has 0 amide bonds. The monoisotopic (exact) mass is 426 g/mol. The molecule has 2 aromatic rings. The number of piperidine rings is 1. The summed E-state index contributed by atoms with van der Waals surface area (Å²) >= 11 is 0. The lowest BCUT2D eigenvalue weighted by Crippen LogP contribution is -2.31. The molecule has 1 saturated carbocycles. The van der Waals surface area contributed by atoms with Crippen molar-refractivity contribution in [2.24, 2.45) is 11.8 Å². The Morgan fingerprint density at radius 1 is 1.10 bits per heavy atom. The number of benzene rings is 2. The van der Waals surface area contributed by atoms with E-state index in [4.69, 9.17) is 0 Å². The molecule has 2 aromatic carbocycles. The Balaban J connectivity index is 1.33. The number of carbonyl (C=O) groups excluding carboxylic acids is 1. The summed E-state index contributed by atoms with van der Waals surface area (Å²) < 4.78 is 25.8. The van der Waals surface area contributed by atoms with E-state index in [2.05, 4.69) is 22.6 Å². The second-order valence-electron chi connectivity index (χ2n) is 8.71. The van der Waals surface area contributed by atoms with Crippen LogP contribution in [0, 0.1) is 11.8 Å². The molecule has 5 nitrogen and oxygen atoms in total. The predicted octanol–water partition coefficient (Wildman–Crippen LogP) is 3.93. The van der Waals surface area contributed by atoms with Crippen LogP contribution in [0.1, 0.15) is 42.1 Å². The Morgan fingerprint density at radius 2 is 1.80 bits per heavy atom. The second kappa shape index (κ2) is 8.16. The number of sulfonamides is 1. The smallest absolute Gasteiger partial charge is 0.229 e. The first-order chi connectivity index (χ1) is 14.3. The summed E-state index contributed by atoms with van der Waals surface area (Å²) in [5, 5.41) is 0. The van der Waals surface area contributed by atoms with Crippen LogP contribution in [-0.4, -0.2) is 45.0 Å². The van der Waals surface area contributed by atoms with E-state index in [0.29, 0.717) is 23.9 Å². The van der Waals surface area contributed by atoms with Gasteiger partial charge in [-0.1, -0.05) is 49.4 Å². The van der Waals surface area contributed by atoms with Crippen LogP contribution in [-0.2, 0) is 15.4 Å². The zero-order valence-electron chi connectivity index (χ0n) is 17.7. The molecule has 1 N–H and O–H groups in total. The number of fused-ring (bicyclic) bond motifs is 1. The van der Waals surface area contributed by atoms with Crippen molar-refractivity contribution in [1.82, 2.24) is 4.90 Å². The lowest BCUT2D eigenvalue weighted by atomic mass is 9.87.